The number of rotatable bonds is 5. The number of nitrogens with zero attached hydrogens (tertiary/aromatic N) is 2. The van der Waals surface area contributed by atoms with Gasteiger partial charge in [0.2, 0.25) is 0 Å². The molecule has 0 bridgehead atoms. The molecule has 0 saturated heterocycles. The van der Waals surface area contributed by atoms with Gasteiger partial charge in [0.1, 0.15) is 11.8 Å². The number of carbonyl (C=O) groups excluding carboxylic acids is 2. The number of aromatic nitrogens is 1. The molecule has 1 N–H and O–H groups in total. The Labute approximate surface area is 111 Å². The highest BCUT2D eigenvalue weighted by Crippen LogP contribution is 2.05. The normalized spacial score (nSPS) is 9.53. The molecule has 0 aliphatic heterocycles. The quantitative estimate of drug-likeness (QED) is 0.796. The first-order chi connectivity index (χ1) is 9.08. The number of carbonyl (C=O) groups is 2. The summed E-state index contributed by atoms with van der Waals surface area (Å²) < 4.78 is 4.74. The van der Waals surface area contributed by atoms with Gasteiger partial charge in [-0.15, -0.1) is 0 Å². The second kappa shape index (κ2) is 7.11. The molecule has 0 aromatic carbocycles. The van der Waals surface area contributed by atoms with Crippen LogP contribution < -0.4 is 5.32 Å². The number of hydrogen-bond donors (Lipinski definition) is 1. The fraction of sp³-hybridized carbons (Fsp3) is 0.385. The molecule has 6 heteroatoms. The van der Waals surface area contributed by atoms with Gasteiger partial charge in [0.15, 0.2) is 0 Å². The summed E-state index contributed by atoms with van der Waals surface area (Å²) in [4.78, 5) is 26.8. The van der Waals surface area contributed by atoms with E-state index in [1.54, 1.807) is 19.9 Å². The van der Waals surface area contributed by atoms with Crippen molar-refractivity contribution < 1.29 is 14.3 Å². The van der Waals surface area contributed by atoms with Crippen LogP contribution in [0.1, 0.15) is 35.1 Å². The Bertz CT molecular complexity index is 520. The minimum absolute atomic E-state index is 0.120. The fourth-order valence-corrected chi connectivity index (χ4v) is 1.41. The van der Waals surface area contributed by atoms with Crippen LogP contribution in [0.3, 0.4) is 0 Å². The predicted molar refractivity (Wildman–Crippen MR) is 67.3 cm³/mol. The number of esters is 1. The molecule has 6 nitrogen and oxygen atoms in total. The molecule has 0 fully saturated rings. The molecule has 0 spiro atoms. The highest BCUT2D eigenvalue weighted by Gasteiger charge is 2.10. The van der Waals surface area contributed by atoms with E-state index in [-0.39, 0.29) is 30.5 Å². The Morgan fingerprint density at radius 2 is 2.21 bits per heavy atom. The van der Waals surface area contributed by atoms with Gasteiger partial charge in [0.05, 0.1) is 24.3 Å². The number of nitriles is 1. The van der Waals surface area contributed by atoms with Crippen LogP contribution in [0, 0.1) is 18.3 Å². The number of ether oxygens (including phenoxy) is 1. The van der Waals surface area contributed by atoms with Gasteiger partial charge in [-0.2, -0.15) is 5.26 Å². The Morgan fingerprint density at radius 1 is 1.47 bits per heavy atom. The minimum atomic E-state index is -0.378. The molecular formula is C13H15N3O3. The summed E-state index contributed by atoms with van der Waals surface area (Å²) >= 11 is 0. The summed E-state index contributed by atoms with van der Waals surface area (Å²) in [6.07, 6.45) is 0.120. The smallest absolute Gasteiger partial charge is 0.307 e. The third-order valence-electron chi connectivity index (χ3n) is 2.36. The average molecular weight is 261 g/mol. The van der Waals surface area contributed by atoms with Crippen molar-refractivity contribution in [2.75, 3.05) is 13.2 Å². The number of pyridine rings is 1. The third-order valence-corrected chi connectivity index (χ3v) is 2.36. The van der Waals surface area contributed by atoms with Crippen LogP contribution in [-0.2, 0) is 9.53 Å². The Balaban J connectivity index is 2.53. The van der Waals surface area contributed by atoms with Crippen LogP contribution in [0.25, 0.3) is 0 Å². The van der Waals surface area contributed by atoms with Gasteiger partial charge in [0, 0.05) is 6.54 Å². The second-order valence-electron chi connectivity index (χ2n) is 3.75. The van der Waals surface area contributed by atoms with Gasteiger partial charge >= 0.3 is 5.97 Å². The Hall–Kier alpha value is -2.42. The first-order valence-corrected chi connectivity index (χ1v) is 5.90. The van der Waals surface area contributed by atoms with Crippen molar-refractivity contribution in [2.45, 2.75) is 20.3 Å². The van der Waals surface area contributed by atoms with Crippen LogP contribution in [-0.4, -0.2) is 30.0 Å². The lowest BCUT2D eigenvalue weighted by molar-refractivity contribution is -0.142. The minimum Gasteiger partial charge on any atom is -0.466 e. The van der Waals surface area contributed by atoms with E-state index in [0.29, 0.717) is 17.9 Å². The molecular weight excluding hydrogens is 246 g/mol. The molecule has 1 aromatic heterocycles. The van der Waals surface area contributed by atoms with Crippen molar-refractivity contribution in [3.8, 4) is 6.07 Å². The first-order valence-electron chi connectivity index (χ1n) is 5.90. The Kier molecular flexibility index (Phi) is 5.48. The summed E-state index contributed by atoms with van der Waals surface area (Å²) in [6.45, 7) is 3.90. The molecule has 0 aliphatic carbocycles. The predicted octanol–water partition coefficient (Wildman–Crippen LogP) is 0.945. The van der Waals surface area contributed by atoms with Crippen LogP contribution in [0.15, 0.2) is 12.1 Å². The standard InChI is InChI=1S/C13H15N3O3/c1-3-19-12(17)6-7-15-13(18)11-5-4-10(8-14)9(2)16-11/h4-5H,3,6-7H2,1-2H3,(H,15,18). The monoisotopic (exact) mass is 261 g/mol. The van der Waals surface area contributed by atoms with Crippen molar-refractivity contribution >= 4 is 11.9 Å². The summed E-state index contributed by atoms with van der Waals surface area (Å²) in [7, 11) is 0. The van der Waals surface area contributed by atoms with Crippen LogP contribution in [0.2, 0.25) is 0 Å². The van der Waals surface area contributed by atoms with Crippen LogP contribution >= 0.6 is 0 Å². The zero-order chi connectivity index (χ0) is 14.3. The molecule has 1 rings (SSSR count). The molecule has 0 atom stereocenters. The van der Waals surface area contributed by atoms with Gasteiger partial charge in [0.25, 0.3) is 5.91 Å². The maximum atomic E-state index is 11.7. The van der Waals surface area contributed by atoms with E-state index in [4.69, 9.17) is 10.00 Å². The van der Waals surface area contributed by atoms with E-state index in [1.165, 1.54) is 6.07 Å². The van der Waals surface area contributed by atoms with Gasteiger partial charge in [-0.05, 0) is 26.0 Å². The van der Waals surface area contributed by atoms with Crippen molar-refractivity contribution in [3.63, 3.8) is 0 Å². The molecule has 0 radical (unpaired) electrons. The summed E-state index contributed by atoms with van der Waals surface area (Å²) in [5, 5.41) is 11.3. The van der Waals surface area contributed by atoms with Crippen LogP contribution in [0.4, 0.5) is 0 Å². The molecule has 1 amide bonds. The Morgan fingerprint density at radius 3 is 2.79 bits per heavy atom. The number of aryl methyl sites for hydroxylation is 1. The topological polar surface area (TPSA) is 92.1 Å². The third kappa shape index (κ3) is 4.39. The average Bonchev–Trinajstić information content (AvgIpc) is 2.38. The van der Waals surface area contributed by atoms with E-state index >= 15 is 0 Å². The maximum absolute atomic E-state index is 11.7. The summed E-state index contributed by atoms with van der Waals surface area (Å²) in [6, 6.07) is 5.00. The number of hydrogen-bond acceptors (Lipinski definition) is 5. The SMILES string of the molecule is CCOC(=O)CCNC(=O)c1ccc(C#N)c(C)n1. The fourth-order valence-electron chi connectivity index (χ4n) is 1.41. The zero-order valence-electron chi connectivity index (χ0n) is 10.9. The number of amides is 1. The lowest BCUT2D eigenvalue weighted by Gasteiger charge is -2.05. The van der Waals surface area contributed by atoms with E-state index in [9.17, 15) is 9.59 Å². The lowest BCUT2D eigenvalue weighted by Crippen LogP contribution is -2.27. The molecule has 100 valence electrons. The van der Waals surface area contributed by atoms with Gasteiger partial charge in [-0.25, -0.2) is 4.98 Å². The van der Waals surface area contributed by atoms with E-state index in [1.807, 2.05) is 6.07 Å². The van der Waals surface area contributed by atoms with E-state index < -0.39 is 0 Å². The van der Waals surface area contributed by atoms with Crippen molar-refractivity contribution in [1.82, 2.24) is 10.3 Å². The molecule has 0 saturated carbocycles. The van der Waals surface area contributed by atoms with Crippen molar-refractivity contribution in [2.24, 2.45) is 0 Å². The van der Waals surface area contributed by atoms with Gasteiger partial charge < -0.3 is 10.1 Å². The van der Waals surface area contributed by atoms with Crippen molar-refractivity contribution in [1.29, 1.82) is 5.26 Å². The van der Waals surface area contributed by atoms with E-state index in [0.717, 1.165) is 0 Å². The highest BCUT2D eigenvalue weighted by molar-refractivity contribution is 5.92. The van der Waals surface area contributed by atoms with Gasteiger partial charge in [-0.1, -0.05) is 0 Å². The second-order valence-corrected chi connectivity index (χ2v) is 3.75. The highest BCUT2D eigenvalue weighted by atomic mass is 16.5. The van der Waals surface area contributed by atoms with Gasteiger partial charge in [-0.3, -0.25) is 9.59 Å². The molecule has 19 heavy (non-hydrogen) atoms. The van der Waals surface area contributed by atoms with Crippen molar-refractivity contribution in [3.05, 3.63) is 29.1 Å². The molecule has 0 unspecified atom stereocenters. The largest absolute Gasteiger partial charge is 0.466 e. The van der Waals surface area contributed by atoms with Crippen LogP contribution in [0.5, 0.6) is 0 Å². The van der Waals surface area contributed by atoms with E-state index in [2.05, 4.69) is 10.3 Å². The lowest BCUT2D eigenvalue weighted by atomic mass is 10.2. The summed E-state index contributed by atoms with van der Waals surface area (Å²) in [5.74, 6) is -0.733. The molecule has 1 heterocycles. The number of nitrogens with one attached hydrogen (secondary N) is 1. The first kappa shape index (κ1) is 14.6. The zero-order valence-corrected chi connectivity index (χ0v) is 10.9. The molecule has 1 aromatic rings. The molecule has 0 aliphatic rings. The maximum Gasteiger partial charge on any atom is 0.307 e. The summed E-state index contributed by atoms with van der Waals surface area (Å²) in [5.41, 5.74) is 1.16.